The van der Waals surface area contributed by atoms with Crippen LogP contribution in [-0.4, -0.2) is 26.0 Å². The Morgan fingerprint density at radius 3 is 2.40 bits per heavy atom. The molecule has 6 heteroatoms. The smallest absolute Gasteiger partial charge is 0.215 e. The third-order valence-corrected chi connectivity index (χ3v) is 6.61. The van der Waals surface area contributed by atoms with Gasteiger partial charge in [-0.15, -0.1) is 0 Å². The zero-order chi connectivity index (χ0) is 14.6. The first-order valence-corrected chi connectivity index (χ1v) is 9.69. The quantitative estimate of drug-likeness (QED) is 0.791. The fourth-order valence-electron chi connectivity index (χ4n) is 2.60. The Balaban J connectivity index is 1.95. The number of benzene rings is 1. The zero-order valence-corrected chi connectivity index (χ0v) is 13.4. The van der Waals surface area contributed by atoms with E-state index in [2.05, 4.69) is 11.0 Å². The Kier molecular flexibility index (Phi) is 4.99. The highest BCUT2D eigenvalue weighted by Gasteiger charge is 2.33. The van der Waals surface area contributed by atoms with Gasteiger partial charge in [-0.1, -0.05) is 25.0 Å². The van der Waals surface area contributed by atoms with Gasteiger partial charge in [0.1, 0.15) is 0 Å². The SMILES string of the molecule is CSC1(CNS(=O)(=O)Cc2ccc(N)cc2)CCCC1. The van der Waals surface area contributed by atoms with Crippen molar-refractivity contribution < 1.29 is 8.42 Å². The Hall–Kier alpha value is -0.720. The third kappa shape index (κ3) is 4.14. The third-order valence-electron chi connectivity index (χ3n) is 3.90. The molecule has 1 aromatic carbocycles. The van der Waals surface area contributed by atoms with Crippen LogP contribution in [0.2, 0.25) is 0 Å². The van der Waals surface area contributed by atoms with Crippen LogP contribution in [0.5, 0.6) is 0 Å². The van der Waals surface area contributed by atoms with E-state index in [9.17, 15) is 8.42 Å². The van der Waals surface area contributed by atoms with Crippen LogP contribution in [0, 0.1) is 0 Å². The maximum Gasteiger partial charge on any atom is 0.215 e. The lowest BCUT2D eigenvalue weighted by Crippen LogP contribution is -2.38. The first kappa shape index (κ1) is 15.7. The Labute approximate surface area is 125 Å². The summed E-state index contributed by atoms with van der Waals surface area (Å²) in [6.45, 7) is 0.533. The number of rotatable bonds is 6. The molecule has 1 aliphatic rings. The second kappa shape index (κ2) is 6.37. The molecule has 0 bridgehead atoms. The van der Waals surface area contributed by atoms with Gasteiger partial charge in [0.2, 0.25) is 10.0 Å². The topological polar surface area (TPSA) is 72.2 Å². The second-order valence-electron chi connectivity index (χ2n) is 5.42. The van der Waals surface area contributed by atoms with E-state index < -0.39 is 10.0 Å². The van der Waals surface area contributed by atoms with Crippen molar-refractivity contribution in [3.63, 3.8) is 0 Å². The summed E-state index contributed by atoms with van der Waals surface area (Å²) in [5.74, 6) is 0.0116. The van der Waals surface area contributed by atoms with Crippen molar-refractivity contribution in [2.24, 2.45) is 0 Å². The van der Waals surface area contributed by atoms with Gasteiger partial charge in [0.15, 0.2) is 0 Å². The van der Waals surface area contributed by atoms with Crippen LogP contribution in [0.3, 0.4) is 0 Å². The lowest BCUT2D eigenvalue weighted by Gasteiger charge is -2.26. The first-order valence-electron chi connectivity index (χ1n) is 6.82. The number of nitrogens with one attached hydrogen (secondary N) is 1. The van der Waals surface area contributed by atoms with Crippen LogP contribution < -0.4 is 10.5 Å². The predicted octanol–water partition coefficient (Wildman–Crippen LogP) is 2.36. The van der Waals surface area contributed by atoms with Crippen LogP contribution in [0.25, 0.3) is 0 Å². The normalized spacial score (nSPS) is 18.2. The van der Waals surface area contributed by atoms with Crippen LogP contribution in [0.1, 0.15) is 31.2 Å². The minimum absolute atomic E-state index is 0.0116. The first-order chi connectivity index (χ1) is 9.45. The molecule has 0 amide bonds. The zero-order valence-electron chi connectivity index (χ0n) is 11.8. The summed E-state index contributed by atoms with van der Waals surface area (Å²) in [5.41, 5.74) is 7.00. The molecule has 1 aromatic rings. The molecule has 3 N–H and O–H groups in total. The molecule has 1 fully saturated rings. The van der Waals surface area contributed by atoms with Crippen molar-refractivity contribution >= 4 is 27.5 Å². The van der Waals surface area contributed by atoms with Gasteiger partial charge in [-0.05, 0) is 36.8 Å². The molecule has 4 nitrogen and oxygen atoms in total. The summed E-state index contributed by atoms with van der Waals surface area (Å²) in [6.07, 6.45) is 6.65. The number of sulfonamides is 1. The van der Waals surface area contributed by atoms with E-state index in [0.717, 1.165) is 18.4 Å². The van der Waals surface area contributed by atoms with Crippen molar-refractivity contribution in [3.05, 3.63) is 29.8 Å². The molecular weight excluding hydrogens is 292 g/mol. The Bertz CT molecular complexity index is 535. The van der Waals surface area contributed by atoms with E-state index in [1.54, 1.807) is 36.0 Å². The summed E-state index contributed by atoms with van der Waals surface area (Å²) < 4.78 is 27.2. The molecule has 0 aromatic heterocycles. The van der Waals surface area contributed by atoms with Gasteiger partial charge in [-0.2, -0.15) is 11.8 Å². The minimum Gasteiger partial charge on any atom is -0.399 e. The standard InChI is InChI=1S/C14H22N2O2S2/c1-19-14(8-2-3-9-14)11-16-20(17,18)10-12-4-6-13(15)7-5-12/h4-7,16H,2-3,8-11,15H2,1H3. The van der Waals surface area contributed by atoms with E-state index in [4.69, 9.17) is 5.73 Å². The average molecular weight is 314 g/mol. The number of thioether (sulfide) groups is 1. The highest BCUT2D eigenvalue weighted by Crippen LogP contribution is 2.39. The average Bonchev–Trinajstić information content (AvgIpc) is 2.89. The fourth-order valence-corrected chi connectivity index (χ4v) is 4.83. The van der Waals surface area contributed by atoms with Crippen molar-refractivity contribution in [2.75, 3.05) is 18.5 Å². The molecule has 0 unspecified atom stereocenters. The van der Waals surface area contributed by atoms with Crippen LogP contribution in [0.4, 0.5) is 5.69 Å². The summed E-state index contributed by atoms with van der Waals surface area (Å²) in [7, 11) is -3.29. The molecule has 112 valence electrons. The van der Waals surface area contributed by atoms with Gasteiger partial charge in [0.05, 0.1) is 5.75 Å². The monoisotopic (exact) mass is 314 g/mol. The molecule has 0 aliphatic heterocycles. The van der Waals surface area contributed by atoms with E-state index in [0.29, 0.717) is 12.2 Å². The lowest BCUT2D eigenvalue weighted by molar-refractivity contribution is 0.550. The van der Waals surface area contributed by atoms with Gasteiger partial charge < -0.3 is 5.73 Å². The van der Waals surface area contributed by atoms with Gasteiger partial charge in [-0.25, -0.2) is 13.1 Å². The van der Waals surface area contributed by atoms with Gasteiger partial charge in [-0.3, -0.25) is 0 Å². The minimum atomic E-state index is -3.29. The number of nitrogen functional groups attached to an aromatic ring is 1. The molecule has 1 saturated carbocycles. The summed E-state index contributed by atoms with van der Waals surface area (Å²) in [5, 5.41) is 0. The van der Waals surface area contributed by atoms with E-state index in [1.807, 2.05) is 0 Å². The van der Waals surface area contributed by atoms with Crippen LogP contribution in [-0.2, 0) is 15.8 Å². The van der Waals surface area contributed by atoms with E-state index in [1.165, 1.54) is 12.8 Å². The summed E-state index contributed by atoms with van der Waals surface area (Å²) in [4.78, 5) is 0. The van der Waals surface area contributed by atoms with Crippen molar-refractivity contribution in [1.29, 1.82) is 0 Å². The largest absolute Gasteiger partial charge is 0.399 e. The van der Waals surface area contributed by atoms with Crippen LogP contribution in [0.15, 0.2) is 24.3 Å². The molecule has 1 aliphatic carbocycles. The van der Waals surface area contributed by atoms with Gasteiger partial charge in [0, 0.05) is 17.0 Å². The number of nitrogens with two attached hydrogens (primary N) is 1. The van der Waals surface area contributed by atoms with Crippen molar-refractivity contribution in [3.8, 4) is 0 Å². The van der Waals surface area contributed by atoms with Gasteiger partial charge in [0.25, 0.3) is 0 Å². The predicted molar refractivity (Wildman–Crippen MR) is 86.2 cm³/mol. The second-order valence-corrected chi connectivity index (χ2v) is 8.50. The maximum atomic E-state index is 12.1. The molecule has 0 heterocycles. The molecule has 0 spiro atoms. The maximum absolute atomic E-state index is 12.1. The van der Waals surface area contributed by atoms with Gasteiger partial charge >= 0.3 is 0 Å². The number of hydrogen-bond donors (Lipinski definition) is 2. The van der Waals surface area contributed by atoms with E-state index in [-0.39, 0.29) is 10.5 Å². The van der Waals surface area contributed by atoms with E-state index >= 15 is 0 Å². The Morgan fingerprint density at radius 1 is 1.25 bits per heavy atom. The molecular formula is C14H22N2O2S2. The van der Waals surface area contributed by atoms with Crippen LogP contribution >= 0.6 is 11.8 Å². The molecule has 0 atom stereocenters. The highest BCUT2D eigenvalue weighted by molar-refractivity contribution is 8.00. The molecule has 20 heavy (non-hydrogen) atoms. The Morgan fingerprint density at radius 2 is 1.85 bits per heavy atom. The number of anilines is 1. The molecule has 0 radical (unpaired) electrons. The number of hydrogen-bond acceptors (Lipinski definition) is 4. The molecule has 2 rings (SSSR count). The fraction of sp³-hybridized carbons (Fsp3) is 0.571. The molecule has 0 saturated heterocycles. The highest BCUT2D eigenvalue weighted by atomic mass is 32.2. The lowest BCUT2D eigenvalue weighted by atomic mass is 10.1. The van der Waals surface area contributed by atoms with Crippen molar-refractivity contribution in [1.82, 2.24) is 4.72 Å². The summed E-state index contributed by atoms with van der Waals surface area (Å²) >= 11 is 1.79. The summed E-state index contributed by atoms with van der Waals surface area (Å²) in [6, 6.07) is 6.97. The van der Waals surface area contributed by atoms with Crippen molar-refractivity contribution in [2.45, 2.75) is 36.2 Å².